The molecule has 1 heterocycles. The molecule has 1 aromatic heterocycles. The van der Waals surface area contributed by atoms with E-state index >= 15 is 0 Å². The number of hydrogen-bond acceptors (Lipinski definition) is 3. The highest BCUT2D eigenvalue weighted by Gasteiger charge is 2.11. The molecule has 5 heteroatoms. The van der Waals surface area contributed by atoms with Gasteiger partial charge in [0, 0.05) is 16.9 Å². The average molecular weight is 254 g/mol. The second kappa shape index (κ2) is 4.89. The van der Waals surface area contributed by atoms with Crippen LogP contribution in [0.2, 0.25) is 0 Å². The predicted molar refractivity (Wildman–Crippen MR) is 65.0 cm³/mol. The number of hydrogen-bond donors (Lipinski definition) is 1. The lowest BCUT2D eigenvalue weighted by Crippen LogP contribution is -2.01. The Morgan fingerprint density at radius 1 is 1.29 bits per heavy atom. The first-order valence-corrected chi connectivity index (χ1v) is 6.05. The maximum Gasteiger partial charge on any atom is 0.159 e. The van der Waals surface area contributed by atoms with E-state index in [0.717, 1.165) is 16.0 Å². The van der Waals surface area contributed by atoms with Gasteiger partial charge in [0.25, 0.3) is 0 Å². The van der Waals surface area contributed by atoms with Crippen molar-refractivity contribution < 1.29 is 8.78 Å². The van der Waals surface area contributed by atoms with Gasteiger partial charge in [0.1, 0.15) is 0 Å². The Morgan fingerprint density at radius 2 is 2.06 bits per heavy atom. The van der Waals surface area contributed by atoms with Crippen LogP contribution in [0.3, 0.4) is 0 Å². The van der Waals surface area contributed by atoms with E-state index in [1.807, 2.05) is 6.92 Å². The summed E-state index contributed by atoms with van der Waals surface area (Å²) in [5.74, 6) is -1.70. The van der Waals surface area contributed by atoms with Crippen LogP contribution >= 0.6 is 11.3 Å². The minimum absolute atomic E-state index is 0.532. The molecule has 0 atom stereocenters. The Kier molecular flexibility index (Phi) is 3.49. The standard InChI is InChI=1S/C12H12F2N2S/c1-7-12(16-11(17-7)4-5-15)8-2-3-9(13)10(14)6-8/h2-3,6H,4-5,15H2,1H3. The summed E-state index contributed by atoms with van der Waals surface area (Å²) >= 11 is 1.54. The lowest BCUT2D eigenvalue weighted by molar-refractivity contribution is 0.509. The Bertz CT molecular complexity index is 537. The fraction of sp³-hybridized carbons (Fsp3) is 0.250. The van der Waals surface area contributed by atoms with Gasteiger partial charge in [-0.2, -0.15) is 0 Å². The van der Waals surface area contributed by atoms with E-state index < -0.39 is 11.6 Å². The van der Waals surface area contributed by atoms with Crippen LogP contribution in [0.15, 0.2) is 18.2 Å². The summed E-state index contributed by atoms with van der Waals surface area (Å²) in [6, 6.07) is 3.82. The second-order valence-electron chi connectivity index (χ2n) is 3.68. The van der Waals surface area contributed by atoms with Crippen LogP contribution in [-0.2, 0) is 6.42 Å². The Labute approximate surface area is 102 Å². The molecule has 0 aliphatic carbocycles. The van der Waals surface area contributed by atoms with E-state index in [1.165, 1.54) is 23.5 Å². The van der Waals surface area contributed by atoms with E-state index in [4.69, 9.17) is 5.73 Å². The molecule has 2 nitrogen and oxygen atoms in total. The first-order valence-electron chi connectivity index (χ1n) is 5.23. The van der Waals surface area contributed by atoms with Crippen LogP contribution in [0.25, 0.3) is 11.3 Å². The molecular formula is C12H12F2N2S. The van der Waals surface area contributed by atoms with Crippen molar-refractivity contribution in [3.63, 3.8) is 0 Å². The summed E-state index contributed by atoms with van der Waals surface area (Å²) in [6.07, 6.45) is 0.704. The summed E-state index contributed by atoms with van der Waals surface area (Å²) in [5, 5.41) is 0.921. The van der Waals surface area contributed by atoms with Crippen LogP contribution in [0, 0.1) is 18.6 Å². The van der Waals surface area contributed by atoms with E-state index in [1.54, 1.807) is 0 Å². The zero-order valence-electron chi connectivity index (χ0n) is 9.34. The molecule has 0 amide bonds. The molecule has 2 aromatic rings. The average Bonchev–Trinajstić information content (AvgIpc) is 2.64. The first kappa shape index (κ1) is 12.1. The van der Waals surface area contributed by atoms with Crippen molar-refractivity contribution in [3.05, 3.63) is 39.7 Å². The summed E-state index contributed by atoms with van der Waals surface area (Å²) in [5.41, 5.74) is 6.76. The highest BCUT2D eigenvalue weighted by Crippen LogP contribution is 2.28. The van der Waals surface area contributed by atoms with Crippen LogP contribution in [0.5, 0.6) is 0 Å². The van der Waals surface area contributed by atoms with Gasteiger partial charge in [-0.1, -0.05) is 0 Å². The zero-order chi connectivity index (χ0) is 12.4. The third-order valence-corrected chi connectivity index (χ3v) is 3.42. The van der Waals surface area contributed by atoms with Gasteiger partial charge in [-0.25, -0.2) is 13.8 Å². The van der Waals surface area contributed by atoms with Gasteiger partial charge in [0.2, 0.25) is 0 Å². The molecule has 1 aromatic carbocycles. The number of benzene rings is 1. The van der Waals surface area contributed by atoms with E-state index in [0.29, 0.717) is 24.2 Å². The number of rotatable bonds is 3. The molecule has 17 heavy (non-hydrogen) atoms. The molecule has 90 valence electrons. The number of aromatic nitrogens is 1. The van der Waals surface area contributed by atoms with Crippen molar-refractivity contribution in [1.82, 2.24) is 4.98 Å². The van der Waals surface area contributed by atoms with E-state index in [-0.39, 0.29) is 0 Å². The van der Waals surface area contributed by atoms with Gasteiger partial charge in [-0.15, -0.1) is 11.3 Å². The molecule has 0 bridgehead atoms. The lowest BCUT2D eigenvalue weighted by atomic mass is 10.1. The summed E-state index contributed by atoms with van der Waals surface area (Å²) in [4.78, 5) is 5.38. The number of nitrogens with two attached hydrogens (primary N) is 1. The first-order chi connectivity index (χ1) is 8.11. The maximum absolute atomic E-state index is 13.1. The van der Waals surface area contributed by atoms with Crippen molar-refractivity contribution in [1.29, 1.82) is 0 Å². The smallest absolute Gasteiger partial charge is 0.159 e. The van der Waals surface area contributed by atoms with Crippen molar-refractivity contribution in [2.24, 2.45) is 5.73 Å². The predicted octanol–water partition coefficient (Wildman–Crippen LogP) is 2.90. The fourth-order valence-corrected chi connectivity index (χ4v) is 2.56. The molecule has 2 N–H and O–H groups in total. The molecule has 2 rings (SSSR count). The molecule has 0 aliphatic rings. The van der Waals surface area contributed by atoms with Gasteiger partial charge in [0.05, 0.1) is 10.7 Å². The van der Waals surface area contributed by atoms with Gasteiger partial charge >= 0.3 is 0 Å². The quantitative estimate of drug-likeness (QED) is 0.914. The van der Waals surface area contributed by atoms with Crippen molar-refractivity contribution >= 4 is 11.3 Å². The minimum atomic E-state index is -0.852. The maximum atomic E-state index is 13.1. The Hall–Kier alpha value is -1.33. The highest BCUT2D eigenvalue weighted by atomic mass is 32.1. The number of nitrogens with zero attached hydrogens (tertiary/aromatic N) is 1. The fourth-order valence-electron chi connectivity index (χ4n) is 1.59. The zero-order valence-corrected chi connectivity index (χ0v) is 10.2. The molecule has 0 saturated heterocycles. The molecule has 0 saturated carbocycles. The Morgan fingerprint density at radius 3 is 2.71 bits per heavy atom. The molecule has 0 radical (unpaired) electrons. The monoisotopic (exact) mass is 254 g/mol. The molecular weight excluding hydrogens is 242 g/mol. The minimum Gasteiger partial charge on any atom is -0.330 e. The third-order valence-electron chi connectivity index (χ3n) is 2.39. The van der Waals surface area contributed by atoms with Gasteiger partial charge in [0.15, 0.2) is 11.6 Å². The number of thiazole rings is 1. The lowest BCUT2D eigenvalue weighted by Gasteiger charge is -1.99. The van der Waals surface area contributed by atoms with E-state index in [9.17, 15) is 8.78 Å². The molecule has 0 fully saturated rings. The highest BCUT2D eigenvalue weighted by molar-refractivity contribution is 7.12. The molecule has 0 unspecified atom stereocenters. The topological polar surface area (TPSA) is 38.9 Å². The number of halogens is 2. The van der Waals surface area contributed by atoms with Crippen molar-refractivity contribution in [2.45, 2.75) is 13.3 Å². The van der Waals surface area contributed by atoms with Crippen LogP contribution in [0.4, 0.5) is 8.78 Å². The summed E-state index contributed by atoms with van der Waals surface area (Å²) < 4.78 is 26.0. The van der Waals surface area contributed by atoms with Crippen LogP contribution in [0.1, 0.15) is 9.88 Å². The van der Waals surface area contributed by atoms with Crippen molar-refractivity contribution in [3.8, 4) is 11.3 Å². The van der Waals surface area contributed by atoms with Gasteiger partial charge in [-0.05, 0) is 31.7 Å². The Balaban J connectivity index is 2.41. The van der Waals surface area contributed by atoms with E-state index in [2.05, 4.69) is 4.98 Å². The normalized spacial score (nSPS) is 10.8. The largest absolute Gasteiger partial charge is 0.330 e. The van der Waals surface area contributed by atoms with Crippen LogP contribution in [-0.4, -0.2) is 11.5 Å². The molecule has 0 aliphatic heterocycles. The second-order valence-corrected chi connectivity index (χ2v) is 4.97. The SMILES string of the molecule is Cc1sc(CCN)nc1-c1ccc(F)c(F)c1. The van der Waals surface area contributed by atoms with Crippen molar-refractivity contribution in [2.75, 3.05) is 6.54 Å². The third kappa shape index (κ3) is 2.50. The summed E-state index contributed by atoms with van der Waals surface area (Å²) in [6.45, 7) is 2.44. The van der Waals surface area contributed by atoms with Gasteiger partial charge in [-0.3, -0.25) is 0 Å². The molecule has 0 spiro atoms. The van der Waals surface area contributed by atoms with Gasteiger partial charge < -0.3 is 5.73 Å². The summed E-state index contributed by atoms with van der Waals surface area (Å²) in [7, 11) is 0. The number of aryl methyl sites for hydroxylation is 1. The van der Waals surface area contributed by atoms with Crippen LogP contribution < -0.4 is 5.73 Å².